The summed E-state index contributed by atoms with van der Waals surface area (Å²) in [5.74, 6) is -1.34. The van der Waals surface area contributed by atoms with Crippen molar-refractivity contribution in [1.29, 1.82) is 0 Å². The highest BCUT2D eigenvalue weighted by atomic mass is 32.2. The molecule has 3 aromatic carbocycles. The van der Waals surface area contributed by atoms with Crippen LogP contribution in [-0.2, 0) is 14.8 Å². The number of nitrogens with one attached hydrogen (secondary N) is 1. The normalized spacial score (nSPS) is 15.0. The molecule has 0 aliphatic heterocycles. The molecular formula is C25H23FN2O5S. The maximum atomic E-state index is 14.1. The Balaban J connectivity index is 1.46. The molecule has 0 bridgehead atoms. The van der Waals surface area contributed by atoms with Crippen molar-refractivity contribution in [2.75, 3.05) is 23.3 Å². The zero-order valence-electron chi connectivity index (χ0n) is 18.6. The number of carbonyl (C=O) groups excluding carboxylic acids is 2. The molecule has 34 heavy (non-hydrogen) atoms. The smallest absolute Gasteiger partial charge is 0.264 e. The number of Topliss-reactive ketones (excluding diaryl/α,β-unsaturated/α-hetero) is 1. The summed E-state index contributed by atoms with van der Waals surface area (Å²) < 4.78 is 46.8. The summed E-state index contributed by atoms with van der Waals surface area (Å²) >= 11 is 0. The van der Waals surface area contributed by atoms with Crippen LogP contribution in [-0.4, -0.2) is 33.8 Å². The summed E-state index contributed by atoms with van der Waals surface area (Å²) in [6.45, 7) is 1.33. The average molecular weight is 483 g/mol. The molecule has 0 radical (unpaired) electrons. The van der Waals surface area contributed by atoms with E-state index in [-0.39, 0.29) is 40.0 Å². The SMILES string of the molecule is C[C@@H]1CC(=O)c2c(OCC(=O)Nc3cccc(S(=O)(=O)N(C)c4ccccc4)c3)ccc(F)c21. The van der Waals surface area contributed by atoms with Crippen LogP contribution in [0.4, 0.5) is 15.8 Å². The van der Waals surface area contributed by atoms with Gasteiger partial charge in [-0.25, -0.2) is 12.8 Å². The molecule has 4 rings (SSSR count). The number of amides is 1. The Morgan fingerprint density at radius 2 is 1.85 bits per heavy atom. The first-order chi connectivity index (χ1) is 16.2. The van der Waals surface area contributed by atoms with Gasteiger partial charge < -0.3 is 10.1 Å². The number of benzene rings is 3. The third-order valence-electron chi connectivity index (χ3n) is 5.67. The number of para-hydroxylation sites is 1. The second-order valence-electron chi connectivity index (χ2n) is 8.04. The molecule has 7 nitrogen and oxygen atoms in total. The van der Waals surface area contributed by atoms with E-state index in [1.54, 1.807) is 43.3 Å². The van der Waals surface area contributed by atoms with E-state index < -0.39 is 28.4 Å². The minimum Gasteiger partial charge on any atom is -0.483 e. The third kappa shape index (κ3) is 4.51. The van der Waals surface area contributed by atoms with Crippen molar-refractivity contribution < 1.29 is 27.1 Å². The fraction of sp³-hybridized carbons (Fsp3) is 0.200. The van der Waals surface area contributed by atoms with Crippen molar-refractivity contribution in [1.82, 2.24) is 0 Å². The molecule has 0 aromatic heterocycles. The number of anilines is 2. The van der Waals surface area contributed by atoms with Gasteiger partial charge in [0.1, 0.15) is 11.6 Å². The predicted molar refractivity (Wildman–Crippen MR) is 126 cm³/mol. The lowest BCUT2D eigenvalue weighted by molar-refractivity contribution is -0.118. The number of hydrogen-bond donors (Lipinski definition) is 1. The quantitative estimate of drug-likeness (QED) is 0.540. The molecule has 0 saturated carbocycles. The second kappa shape index (κ2) is 9.26. The number of carbonyl (C=O) groups is 2. The van der Waals surface area contributed by atoms with Gasteiger partial charge in [-0.3, -0.25) is 13.9 Å². The van der Waals surface area contributed by atoms with Crippen LogP contribution in [0.25, 0.3) is 0 Å². The Morgan fingerprint density at radius 3 is 2.59 bits per heavy atom. The molecule has 0 saturated heterocycles. The van der Waals surface area contributed by atoms with Crippen molar-refractivity contribution in [3.05, 3.63) is 83.7 Å². The molecule has 1 aliphatic carbocycles. The molecule has 0 spiro atoms. The van der Waals surface area contributed by atoms with E-state index in [9.17, 15) is 22.4 Å². The largest absolute Gasteiger partial charge is 0.483 e. The predicted octanol–water partition coefficient (Wildman–Crippen LogP) is 4.36. The molecule has 176 valence electrons. The molecule has 0 unspecified atom stereocenters. The van der Waals surface area contributed by atoms with Crippen molar-refractivity contribution in [3.63, 3.8) is 0 Å². The van der Waals surface area contributed by atoms with Crippen molar-refractivity contribution in [3.8, 4) is 5.75 Å². The highest BCUT2D eigenvalue weighted by molar-refractivity contribution is 7.92. The van der Waals surface area contributed by atoms with Gasteiger partial charge in [0.25, 0.3) is 15.9 Å². The number of sulfonamides is 1. The fourth-order valence-corrected chi connectivity index (χ4v) is 5.20. The number of nitrogens with zero attached hydrogens (tertiary/aromatic N) is 1. The molecule has 1 N–H and O–H groups in total. The topological polar surface area (TPSA) is 92.8 Å². The molecule has 1 atom stereocenters. The second-order valence-corrected chi connectivity index (χ2v) is 10.0. The van der Waals surface area contributed by atoms with Gasteiger partial charge in [0.05, 0.1) is 16.1 Å². The van der Waals surface area contributed by atoms with Crippen LogP contribution in [0.5, 0.6) is 5.75 Å². The van der Waals surface area contributed by atoms with Gasteiger partial charge in [0.15, 0.2) is 12.4 Å². The van der Waals surface area contributed by atoms with E-state index in [0.29, 0.717) is 11.3 Å². The zero-order valence-corrected chi connectivity index (χ0v) is 19.4. The minimum absolute atomic E-state index is 0.00788. The van der Waals surface area contributed by atoms with E-state index in [4.69, 9.17) is 4.74 Å². The summed E-state index contributed by atoms with van der Waals surface area (Å²) in [7, 11) is -2.40. The Hall–Kier alpha value is -3.72. The molecule has 0 fully saturated rings. The van der Waals surface area contributed by atoms with E-state index in [1.807, 2.05) is 0 Å². The first kappa shape index (κ1) is 23.4. The van der Waals surface area contributed by atoms with E-state index in [0.717, 1.165) is 4.31 Å². The number of halogens is 1. The molecule has 0 heterocycles. The standard InChI is InChI=1S/C25H23FN2O5S/c1-16-13-21(29)25-22(12-11-20(26)24(16)25)33-15-23(30)27-17-7-6-10-19(14-17)34(31,32)28(2)18-8-4-3-5-9-18/h3-12,14,16H,13,15H2,1-2H3,(H,27,30)/t16-/m1/s1. The summed E-state index contributed by atoms with van der Waals surface area (Å²) in [5.41, 5.74) is 1.26. The lowest BCUT2D eigenvalue weighted by atomic mass is 10.0. The van der Waals surface area contributed by atoms with E-state index in [1.165, 1.54) is 37.4 Å². The molecule has 3 aromatic rings. The number of hydrogen-bond acceptors (Lipinski definition) is 5. The van der Waals surface area contributed by atoms with Gasteiger partial charge >= 0.3 is 0 Å². The molecule has 1 amide bonds. The maximum Gasteiger partial charge on any atom is 0.264 e. The van der Waals surface area contributed by atoms with Crippen molar-refractivity contribution in [2.45, 2.75) is 24.2 Å². The zero-order chi connectivity index (χ0) is 24.5. The lowest BCUT2D eigenvalue weighted by Crippen LogP contribution is -2.26. The Kier molecular flexibility index (Phi) is 6.39. The first-order valence-electron chi connectivity index (χ1n) is 10.6. The lowest BCUT2D eigenvalue weighted by Gasteiger charge is -2.20. The summed E-state index contributed by atoms with van der Waals surface area (Å²) in [5, 5.41) is 2.60. The minimum atomic E-state index is -3.85. The van der Waals surface area contributed by atoms with Crippen LogP contribution in [0.1, 0.15) is 35.2 Å². The molecule has 1 aliphatic rings. The van der Waals surface area contributed by atoms with Gasteiger partial charge in [0, 0.05) is 24.7 Å². The van der Waals surface area contributed by atoms with E-state index >= 15 is 0 Å². The third-order valence-corrected chi connectivity index (χ3v) is 7.45. The van der Waals surface area contributed by atoms with E-state index in [2.05, 4.69) is 5.32 Å². The Morgan fingerprint density at radius 1 is 1.12 bits per heavy atom. The molecular weight excluding hydrogens is 459 g/mol. The van der Waals surface area contributed by atoms with Crippen LogP contribution in [0.15, 0.2) is 71.6 Å². The van der Waals surface area contributed by atoms with Crippen LogP contribution in [0.2, 0.25) is 0 Å². The van der Waals surface area contributed by atoms with Gasteiger partial charge in [-0.1, -0.05) is 31.2 Å². The number of fused-ring (bicyclic) bond motifs is 1. The van der Waals surface area contributed by atoms with Gasteiger partial charge in [-0.15, -0.1) is 0 Å². The highest BCUT2D eigenvalue weighted by Crippen LogP contribution is 2.39. The van der Waals surface area contributed by atoms with Crippen molar-refractivity contribution in [2.24, 2.45) is 0 Å². The number of ether oxygens (including phenoxy) is 1. The van der Waals surface area contributed by atoms with Gasteiger partial charge in [-0.2, -0.15) is 0 Å². The maximum absolute atomic E-state index is 14.1. The summed E-state index contributed by atoms with van der Waals surface area (Å²) in [4.78, 5) is 24.7. The van der Waals surface area contributed by atoms with Crippen molar-refractivity contribution >= 4 is 33.1 Å². The first-order valence-corrected chi connectivity index (χ1v) is 12.0. The van der Waals surface area contributed by atoms with Crippen LogP contribution < -0.4 is 14.4 Å². The Labute approximate surface area is 197 Å². The monoisotopic (exact) mass is 482 g/mol. The number of rotatable bonds is 7. The average Bonchev–Trinajstić information content (AvgIpc) is 3.13. The fourth-order valence-electron chi connectivity index (χ4n) is 3.96. The van der Waals surface area contributed by atoms with Crippen LogP contribution >= 0.6 is 0 Å². The van der Waals surface area contributed by atoms with Crippen LogP contribution in [0.3, 0.4) is 0 Å². The summed E-state index contributed by atoms with van der Waals surface area (Å²) in [6.07, 6.45) is 0.192. The molecule has 9 heteroatoms. The van der Waals surface area contributed by atoms with Gasteiger partial charge in [0.2, 0.25) is 0 Å². The van der Waals surface area contributed by atoms with Crippen LogP contribution in [0, 0.1) is 5.82 Å². The highest BCUT2D eigenvalue weighted by Gasteiger charge is 2.32. The summed E-state index contributed by atoms with van der Waals surface area (Å²) in [6, 6.07) is 17.1. The van der Waals surface area contributed by atoms with Gasteiger partial charge in [-0.05, 0) is 48.4 Å². The number of ketones is 1. The Bertz CT molecular complexity index is 1360.